The predicted molar refractivity (Wildman–Crippen MR) is 54.7 cm³/mol. The van der Waals surface area contributed by atoms with Crippen molar-refractivity contribution in [3.8, 4) is 0 Å². The highest BCUT2D eigenvalue weighted by molar-refractivity contribution is 5.84. The molecular weight excluding hydrogens is 195 g/mol. The largest absolute Gasteiger partial charge is 0.353 e. The summed E-state index contributed by atoms with van der Waals surface area (Å²) < 4.78 is 13.0. The van der Waals surface area contributed by atoms with E-state index in [1.54, 1.807) is 12.1 Å². The Hall–Kier alpha value is -1.42. The molecule has 4 heteroatoms. The third-order valence-corrected chi connectivity index (χ3v) is 2.48. The number of amides is 1. The van der Waals surface area contributed by atoms with Gasteiger partial charge in [-0.1, -0.05) is 12.1 Å². The van der Waals surface area contributed by atoms with Crippen LogP contribution in [0.4, 0.5) is 4.39 Å². The maximum atomic E-state index is 13.0. The molecule has 1 aliphatic heterocycles. The van der Waals surface area contributed by atoms with Crippen LogP contribution in [0.15, 0.2) is 24.3 Å². The first kappa shape index (κ1) is 10.1. The van der Waals surface area contributed by atoms with Crippen LogP contribution < -0.4 is 10.6 Å². The second-order valence-electron chi connectivity index (χ2n) is 3.80. The van der Waals surface area contributed by atoms with Gasteiger partial charge in [0.1, 0.15) is 11.9 Å². The molecular formula is C11H13FN2O. The number of nitrogens with one attached hydrogen (secondary N) is 2. The molecule has 1 aromatic carbocycles. The van der Waals surface area contributed by atoms with Crippen LogP contribution >= 0.6 is 0 Å². The second-order valence-corrected chi connectivity index (χ2v) is 3.80. The van der Waals surface area contributed by atoms with E-state index >= 15 is 0 Å². The van der Waals surface area contributed by atoms with Gasteiger partial charge in [0.15, 0.2) is 0 Å². The lowest BCUT2D eigenvalue weighted by Gasteiger charge is -2.28. The van der Waals surface area contributed by atoms with Crippen molar-refractivity contribution in [3.63, 3.8) is 0 Å². The summed E-state index contributed by atoms with van der Waals surface area (Å²) in [5.74, 6) is -0.418. The lowest BCUT2D eigenvalue weighted by atomic mass is 10.0. The quantitative estimate of drug-likeness (QED) is 0.722. The molecule has 1 saturated heterocycles. The number of hydrogen-bond donors (Lipinski definition) is 2. The summed E-state index contributed by atoms with van der Waals surface area (Å²) >= 11 is 0. The zero-order valence-electron chi connectivity index (χ0n) is 8.46. The molecule has 2 N–H and O–H groups in total. The van der Waals surface area contributed by atoms with Crippen LogP contribution in [-0.2, 0) is 4.79 Å². The van der Waals surface area contributed by atoms with Crippen LogP contribution in [0, 0.1) is 5.82 Å². The highest BCUT2D eigenvalue weighted by Gasteiger charge is 2.26. The van der Waals surface area contributed by atoms with Gasteiger partial charge in [-0.25, -0.2) is 4.39 Å². The van der Waals surface area contributed by atoms with E-state index in [0.717, 1.165) is 0 Å². The Bertz CT molecular complexity index is 381. The van der Waals surface area contributed by atoms with Crippen molar-refractivity contribution in [2.75, 3.05) is 6.54 Å². The van der Waals surface area contributed by atoms with Gasteiger partial charge in [0.05, 0.1) is 0 Å². The van der Waals surface area contributed by atoms with Crippen LogP contribution in [0.1, 0.15) is 18.5 Å². The highest BCUT2D eigenvalue weighted by Crippen LogP contribution is 2.17. The van der Waals surface area contributed by atoms with Crippen LogP contribution in [0.3, 0.4) is 0 Å². The summed E-state index contributed by atoms with van der Waals surface area (Å²) in [7, 11) is 0. The van der Waals surface area contributed by atoms with Crippen molar-refractivity contribution in [2.24, 2.45) is 0 Å². The Morgan fingerprint density at radius 3 is 3.00 bits per heavy atom. The number of hydrogen-bond acceptors (Lipinski definition) is 2. The van der Waals surface area contributed by atoms with Gasteiger partial charge in [0, 0.05) is 12.6 Å². The van der Waals surface area contributed by atoms with Crippen molar-refractivity contribution in [3.05, 3.63) is 35.6 Å². The Morgan fingerprint density at radius 2 is 2.27 bits per heavy atom. The number of halogens is 1. The summed E-state index contributed by atoms with van der Waals surface area (Å²) in [6, 6.07) is 5.88. The zero-order valence-corrected chi connectivity index (χ0v) is 8.46. The molecule has 1 aliphatic rings. The van der Waals surface area contributed by atoms with Crippen LogP contribution in [0.25, 0.3) is 0 Å². The van der Waals surface area contributed by atoms with Gasteiger partial charge in [-0.05, 0) is 24.6 Å². The van der Waals surface area contributed by atoms with E-state index in [1.807, 2.05) is 6.92 Å². The fourth-order valence-corrected chi connectivity index (χ4v) is 1.71. The molecule has 0 aromatic heterocycles. The first-order valence-corrected chi connectivity index (χ1v) is 4.96. The van der Waals surface area contributed by atoms with E-state index in [9.17, 15) is 9.18 Å². The topological polar surface area (TPSA) is 41.1 Å². The monoisotopic (exact) mass is 208 g/mol. The highest BCUT2D eigenvalue weighted by atomic mass is 19.1. The minimum atomic E-state index is -0.440. The molecule has 0 bridgehead atoms. The summed E-state index contributed by atoms with van der Waals surface area (Å²) in [6.45, 7) is 2.59. The summed E-state index contributed by atoms with van der Waals surface area (Å²) in [5.41, 5.74) is 0.666. The van der Waals surface area contributed by atoms with E-state index < -0.39 is 6.04 Å². The van der Waals surface area contributed by atoms with Gasteiger partial charge >= 0.3 is 0 Å². The molecule has 15 heavy (non-hydrogen) atoms. The molecule has 1 heterocycles. The molecule has 0 saturated carbocycles. The fourth-order valence-electron chi connectivity index (χ4n) is 1.71. The van der Waals surface area contributed by atoms with Gasteiger partial charge in [-0.2, -0.15) is 0 Å². The van der Waals surface area contributed by atoms with E-state index in [1.165, 1.54) is 12.1 Å². The number of rotatable bonds is 1. The fraction of sp³-hybridized carbons (Fsp3) is 0.364. The first-order chi connectivity index (χ1) is 7.16. The molecule has 2 unspecified atom stereocenters. The third kappa shape index (κ3) is 2.15. The molecule has 3 nitrogen and oxygen atoms in total. The van der Waals surface area contributed by atoms with Crippen molar-refractivity contribution in [2.45, 2.75) is 19.0 Å². The van der Waals surface area contributed by atoms with E-state index in [4.69, 9.17) is 0 Å². The molecule has 0 radical (unpaired) electrons. The maximum Gasteiger partial charge on any atom is 0.241 e. The average molecular weight is 208 g/mol. The smallest absolute Gasteiger partial charge is 0.241 e. The van der Waals surface area contributed by atoms with E-state index in [0.29, 0.717) is 12.1 Å². The first-order valence-electron chi connectivity index (χ1n) is 4.96. The van der Waals surface area contributed by atoms with E-state index in [2.05, 4.69) is 10.6 Å². The van der Waals surface area contributed by atoms with Crippen molar-refractivity contribution in [1.29, 1.82) is 0 Å². The van der Waals surface area contributed by atoms with Crippen molar-refractivity contribution < 1.29 is 9.18 Å². The second kappa shape index (κ2) is 3.98. The summed E-state index contributed by atoms with van der Waals surface area (Å²) in [4.78, 5) is 11.6. The zero-order chi connectivity index (χ0) is 10.8. The van der Waals surface area contributed by atoms with Crippen molar-refractivity contribution >= 4 is 5.91 Å². The average Bonchev–Trinajstić information content (AvgIpc) is 2.22. The third-order valence-electron chi connectivity index (χ3n) is 2.48. The van der Waals surface area contributed by atoms with Crippen LogP contribution in [-0.4, -0.2) is 18.5 Å². The number of piperazine rings is 1. The Morgan fingerprint density at radius 1 is 1.47 bits per heavy atom. The van der Waals surface area contributed by atoms with Crippen LogP contribution in [0.5, 0.6) is 0 Å². The maximum absolute atomic E-state index is 13.0. The minimum absolute atomic E-state index is 0.0984. The molecule has 0 aliphatic carbocycles. The number of carbonyl (C=O) groups excluding carboxylic acids is 1. The molecule has 0 spiro atoms. The predicted octanol–water partition coefficient (Wildman–Crippen LogP) is 0.975. The summed E-state index contributed by atoms with van der Waals surface area (Å²) in [5, 5.41) is 5.91. The van der Waals surface area contributed by atoms with Gasteiger partial charge in [-0.3, -0.25) is 10.1 Å². The molecule has 80 valence electrons. The molecule has 2 atom stereocenters. The standard InChI is InChI=1S/C11H13FN2O/c1-7-6-13-11(15)10(14-7)8-3-2-4-9(12)5-8/h2-5,7,10,14H,6H2,1H3,(H,13,15). The van der Waals surface area contributed by atoms with Gasteiger partial charge in [0.2, 0.25) is 5.91 Å². The molecule has 1 fully saturated rings. The van der Waals surface area contributed by atoms with Gasteiger partial charge < -0.3 is 5.32 Å². The van der Waals surface area contributed by atoms with Crippen LogP contribution in [0.2, 0.25) is 0 Å². The Labute approximate surface area is 87.7 Å². The summed E-state index contributed by atoms with van der Waals surface area (Å²) in [6.07, 6.45) is 0. The van der Waals surface area contributed by atoms with Crippen molar-refractivity contribution in [1.82, 2.24) is 10.6 Å². The Balaban J connectivity index is 2.25. The normalized spacial score (nSPS) is 26.1. The lowest BCUT2D eigenvalue weighted by Crippen LogP contribution is -2.52. The molecule has 1 aromatic rings. The van der Waals surface area contributed by atoms with Gasteiger partial charge in [-0.15, -0.1) is 0 Å². The number of benzene rings is 1. The molecule has 1 amide bonds. The van der Waals surface area contributed by atoms with Gasteiger partial charge in [0.25, 0.3) is 0 Å². The van der Waals surface area contributed by atoms with E-state index in [-0.39, 0.29) is 17.8 Å². The lowest BCUT2D eigenvalue weighted by molar-refractivity contribution is -0.125. The Kier molecular flexibility index (Phi) is 2.68. The number of carbonyl (C=O) groups is 1. The molecule has 2 rings (SSSR count). The SMILES string of the molecule is CC1CNC(=O)C(c2cccc(F)c2)N1. The minimum Gasteiger partial charge on any atom is -0.353 e.